The van der Waals surface area contributed by atoms with Crippen molar-refractivity contribution in [3.63, 3.8) is 0 Å². The van der Waals surface area contributed by atoms with E-state index in [4.69, 9.17) is 4.74 Å². The van der Waals surface area contributed by atoms with Crippen molar-refractivity contribution < 1.29 is 18.7 Å². The third-order valence-corrected chi connectivity index (χ3v) is 7.46. The average molecular weight is 533 g/mol. The topological polar surface area (TPSA) is 123 Å². The Balaban J connectivity index is 1.28. The zero-order chi connectivity index (χ0) is 27.9. The average Bonchev–Trinajstić information content (AvgIpc) is 3.62. The van der Waals surface area contributed by atoms with E-state index in [1.807, 2.05) is 18.2 Å². The number of nitriles is 1. The minimum Gasteiger partial charge on any atom is -0.444 e. The molecular weight excluding hydrogens is 499 g/mol. The summed E-state index contributed by atoms with van der Waals surface area (Å²) in [7, 11) is 1.78. The van der Waals surface area contributed by atoms with Gasteiger partial charge in [-0.1, -0.05) is 18.2 Å². The molecule has 9 nitrogen and oxygen atoms in total. The molecule has 2 aliphatic rings. The number of aromatic amines is 1. The summed E-state index contributed by atoms with van der Waals surface area (Å²) in [5, 5.41) is 15.5. The number of H-pyrrole nitrogens is 1. The lowest BCUT2D eigenvalue weighted by atomic mass is 9.97. The lowest BCUT2D eigenvalue weighted by Crippen LogP contribution is -2.55. The summed E-state index contributed by atoms with van der Waals surface area (Å²) in [5.74, 6) is -0.189. The molecule has 3 aromatic rings. The molecule has 2 heterocycles. The molecule has 3 N–H and O–H groups in total. The first-order valence-corrected chi connectivity index (χ1v) is 13.2. The highest BCUT2D eigenvalue weighted by Gasteiger charge is 2.52. The van der Waals surface area contributed by atoms with E-state index in [-0.39, 0.29) is 18.4 Å². The maximum Gasteiger partial charge on any atom is 0.411 e. The monoisotopic (exact) mass is 532 g/mol. The third kappa shape index (κ3) is 5.39. The number of piperidine rings is 1. The van der Waals surface area contributed by atoms with E-state index in [9.17, 15) is 14.9 Å². The van der Waals surface area contributed by atoms with Crippen LogP contribution in [0.1, 0.15) is 45.6 Å². The molecule has 0 radical (unpaired) electrons. The van der Waals surface area contributed by atoms with Crippen LogP contribution in [0.15, 0.2) is 36.4 Å². The molecule has 204 valence electrons. The van der Waals surface area contributed by atoms with Crippen molar-refractivity contribution in [3.05, 3.63) is 47.8 Å². The third-order valence-electron chi connectivity index (χ3n) is 7.46. The van der Waals surface area contributed by atoms with Crippen molar-refractivity contribution in [1.82, 2.24) is 20.2 Å². The number of nitrogens with one attached hydrogen (secondary N) is 3. The molecule has 4 unspecified atom stereocenters. The number of ether oxygens (including phenoxy) is 1. The molecule has 0 spiro atoms. The van der Waals surface area contributed by atoms with Gasteiger partial charge in [-0.2, -0.15) is 5.26 Å². The van der Waals surface area contributed by atoms with Gasteiger partial charge in [-0.25, -0.2) is 14.2 Å². The van der Waals surface area contributed by atoms with Crippen LogP contribution in [0.4, 0.5) is 15.1 Å². The molecule has 1 saturated carbocycles. The van der Waals surface area contributed by atoms with Crippen LogP contribution in [0.5, 0.6) is 0 Å². The van der Waals surface area contributed by atoms with Crippen molar-refractivity contribution in [2.75, 3.05) is 12.4 Å². The van der Waals surface area contributed by atoms with Crippen LogP contribution in [0, 0.1) is 23.1 Å². The van der Waals surface area contributed by atoms with Crippen LogP contribution >= 0.6 is 0 Å². The second kappa shape index (κ2) is 10.2. The predicted molar refractivity (Wildman–Crippen MR) is 145 cm³/mol. The molecule has 2 fully saturated rings. The fourth-order valence-corrected chi connectivity index (χ4v) is 5.71. The standard InChI is InChI=1S/C29H33FN6O3/c1-29(2,3)39-28(38)36-21-9-7-19(12-21)25(36)26(37)33-20(15-31)11-18-6-5-16(13-22(18)30)17-8-10-23-24(14-17)35-27(32-4)34-23/h5-6,8,10,13-14,19-21,25H,7,9,11-12H2,1-4H3,(H,33,37)(H2,32,34,35). The summed E-state index contributed by atoms with van der Waals surface area (Å²) in [5.41, 5.74) is 2.78. The minimum atomic E-state index is -0.946. The number of carbonyl (C=O) groups excluding carboxylic acids is 2. The van der Waals surface area contributed by atoms with Crippen LogP contribution in [0.3, 0.4) is 0 Å². The highest BCUT2D eigenvalue weighted by atomic mass is 19.1. The Kier molecular flexibility index (Phi) is 6.93. The number of benzene rings is 2. The summed E-state index contributed by atoms with van der Waals surface area (Å²) in [6.07, 6.45) is 1.91. The van der Waals surface area contributed by atoms with E-state index in [1.54, 1.807) is 40.0 Å². The number of anilines is 1. The first-order valence-electron chi connectivity index (χ1n) is 13.2. The van der Waals surface area contributed by atoms with Gasteiger partial charge in [0, 0.05) is 19.5 Å². The van der Waals surface area contributed by atoms with Gasteiger partial charge in [0.1, 0.15) is 23.5 Å². The fourth-order valence-electron chi connectivity index (χ4n) is 5.71. The highest BCUT2D eigenvalue weighted by molar-refractivity contribution is 5.88. The quantitative estimate of drug-likeness (QED) is 0.421. The molecular formula is C29H33FN6O3. The maximum atomic E-state index is 15.2. The molecule has 4 atom stereocenters. The van der Waals surface area contributed by atoms with Gasteiger partial charge in [0.15, 0.2) is 0 Å². The first kappa shape index (κ1) is 26.5. The molecule has 2 aromatic carbocycles. The second-order valence-corrected chi connectivity index (χ2v) is 11.3. The van der Waals surface area contributed by atoms with Crippen LogP contribution in [-0.4, -0.2) is 57.6 Å². The van der Waals surface area contributed by atoms with Crippen LogP contribution < -0.4 is 10.6 Å². The van der Waals surface area contributed by atoms with Crippen molar-refractivity contribution >= 4 is 29.0 Å². The number of halogens is 1. The highest BCUT2D eigenvalue weighted by Crippen LogP contribution is 2.43. The summed E-state index contributed by atoms with van der Waals surface area (Å²) >= 11 is 0. The van der Waals surface area contributed by atoms with E-state index >= 15 is 4.39 Å². The van der Waals surface area contributed by atoms with Gasteiger partial charge in [0.2, 0.25) is 11.9 Å². The van der Waals surface area contributed by atoms with Gasteiger partial charge >= 0.3 is 6.09 Å². The Bertz CT molecular complexity index is 1460. The molecule has 10 heteroatoms. The van der Waals surface area contributed by atoms with E-state index in [0.29, 0.717) is 17.1 Å². The summed E-state index contributed by atoms with van der Waals surface area (Å²) in [6.45, 7) is 5.36. The Labute approximate surface area is 226 Å². The maximum absolute atomic E-state index is 15.2. The molecule has 1 saturated heterocycles. The number of amides is 2. The normalized spacial score (nSPS) is 21.0. The lowest BCUT2D eigenvalue weighted by molar-refractivity contribution is -0.128. The number of hydrogen-bond donors (Lipinski definition) is 3. The molecule has 2 amide bonds. The van der Waals surface area contributed by atoms with Crippen LogP contribution in [0.25, 0.3) is 22.2 Å². The number of hydrogen-bond acceptors (Lipinski definition) is 6. The summed E-state index contributed by atoms with van der Waals surface area (Å²) in [4.78, 5) is 35.3. The van der Waals surface area contributed by atoms with Crippen molar-refractivity contribution in [2.24, 2.45) is 5.92 Å². The van der Waals surface area contributed by atoms with Crippen LogP contribution in [-0.2, 0) is 16.0 Å². The first-order chi connectivity index (χ1) is 18.6. The number of fused-ring (bicyclic) bond motifs is 3. The Morgan fingerprint density at radius 2 is 1.97 bits per heavy atom. The summed E-state index contributed by atoms with van der Waals surface area (Å²) in [6, 6.07) is 10.9. The zero-order valence-electron chi connectivity index (χ0n) is 22.5. The molecule has 5 rings (SSSR count). The Morgan fingerprint density at radius 1 is 1.23 bits per heavy atom. The smallest absolute Gasteiger partial charge is 0.411 e. The van der Waals surface area contributed by atoms with E-state index in [1.165, 1.54) is 11.0 Å². The number of aromatic nitrogens is 2. The summed E-state index contributed by atoms with van der Waals surface area (Å²) < 4.78 is 20.7. The second-order valence-electron chi connectivity index (χ2n) is 11.3. The molecule has 1 aliphatic heterocycles. The van der Waals surface area contributed by atoms with Crippen LogP contribution in [0.2, 0.25) is 0 Å². The lowest BCUT2D eigenvalue weighted by Gasteiger charge is -2.35. The van der Waals surface area contributed by atoms with Crippen molar-refractivity contribution in [3.8, 4) is 17.2 Å². The number of nitrogens with zero attached hydrogens (tertiary/aromatic N) is 3. The SMILES string of the molecule is CNc1nc2ccc(-c3ccc(CC(C#N)NC(=O)C4C5CCC(C5)N4C(=O)OC(C)(C)C)c(F)c3)cc2[nH]1. The Morgan fingerprint density at radius 3 is 2.67 bits per heavy atom. The fraction of sp³-hybridized carbons (Fsp3) is 0.448. The predicted octanol–water partition coefficient (Wildman–Crippen LogP) is 4.75. The number of carbonyl (C=O) groups is 2. The van der Waals surface area contributed by atoms with E-state index in [0.717, 1.165) is 35.9 Å². The molecule has 39 heavy (non-hydrogen) atoms. The van der Waals surface area contributed by atoms with Crippen molar-refractivity contribution in [2.45, 2.75) is 70.2 Å². The Hall–Kier alpha value is -4.13. The number of imidazole rings is 1. The molecule has 1 aliphatic carbocycles. The molecule has 2 bridgehead atoms. The zero-order valence-corrected chi connectivity index (χ0v) is 22.5. The minimum absolute atomic E-state index is 0.00667. The van der Waals surface area contributed by atoms with Gasteiger partial charge < -0.3 is 20.4 Å². The largest absolute Gasteiger partial charge is 0.444 e. The number of rotatable bonds is 6. The van der Waals surface area contributed by atoms with Crippen molar-refractivity contribution in [1.29, 1.82) is 5.26 Å². The van der Waals surface area contributed by atoms with E-state index < -0.39 is 35.5 Å². The molecule has 1 aromatic heterocycles. The van der Waals surface area contributed by atoms with Gasteiger partial charge in [-0.05, 0) is 80.8 Å². The van der Waals surface area contributed by atoms with Gasteiger partial charge in [0.25, 0.3) is 0 Å². The van der Waals surface area contributed by atoms with Gasteiger partial charge in [0.05, 0.1) is 17.1 Å². The van der Waals surface area contributed by atoms with Gasteiger partial charge in [-0.3, -0.25) is 9.69 Å². The number of likely N-dealkylation sites (tertiary alicyclic amines) is 1. The van der Waals surface area contributed by atoms with E-state index in [2.05, 4.69) is 26.7 Å². The van der Waals surface area contributed by atoms with Gasteiger partial charge in [-0.15, -0.1) is 0 Å².